The monoisotopic (exact) mass is 494 g/mol. The summed E-state index contributed by atoms with van der Waals surface area (Å²) in [6.07, 6.45) is -2.82. The van der Waals surface area contributed by atoms with Gasteiger partial charge >= 0.3 is 6.18 Å². The molecule has 0 atom stereocenters. The van der Waals surface area contributed by atoms with Crippen LogP contribution in [-0.4, -0.2) is 25.4 Å². The SMILES string of the molecule is CCn1c(CNC(=O)c2nc3cc[nH]c3nc2N)[n+](Cc2ccccc2)c2ccc(C(F)(F)F)cc21. The van der Waals surface area contributed by atoms with Crippen LogP contribution in [0.5, 0.6) is 0 Å². The number of nitrogens with one attached hydrogen (secondary N) is 2. The van der Waals surface area contributed by atoms with Gasteiger partial charge in [-0.1, -0.05) is 30.3 Å². The molecule has 0 saturated carbocycles. The third-order valence-electron chi connectivity index (χ3n) is 6.04. The summed E-state index contributed by atoms with van der Waals surface area (Å²) < 4.78 is 44.1. The lowest BCUT2D eigenvalue weighted by Gasteiger charge is -2.08. The number of halogens is 3. The minimum Gasteiger partial charge on any atom is -0.382 e. The number of amides is 1. The van der Waals surface area contributed by atoms with E-state index in [0.717, 1.165) is 17.7 Å². The number of aromatic amines is 1. The fourth-order valence-electron chi connectivity index (χ4n) is 4.35. The molecular formula is C25H23F3N7O+. The number of carbonyl (C=O) groups is 1. The Bertz CT molecular complexity index is 1570. The Morgan fingerprint density at radius 1 is 1.14 bits per heavy atom. The first-order valence-electron chi connectivity index (χ1n) is 11.3. The topological polar surface area (TPSA) is 105 Å². The Morgan fingerprint density at radius 2 is 1.92 bits per heavy atom. The molecule has 0 saturated heterocycles. The maximum atomic E-state index is 13.5. The molecular weight excluding hydrogens is 471 g/mol. The minimum absolute atomic E-state index is 0.0183. The van der Waals surface area contributed by atoms with Gasteiger partial charge in [0.25, 0.3) is 11.7 Å². The Balaban J connectivity index is 1.56. The van der Waals surface area contributed by atoms with Crippen LogP contribution in [-0.2, 0) is 25.8 Å². The fourth-order valence-corrected chi connectivity index (χ4v) is 4.35. The first-order chi connectivity index (χ1) is 17.3. The average Bonchev–Trinajstić information content (AvgIpc) is 3.43. The van der Waals surface area contributed by atoms with E-state index >= 15 is 0 Å². The summed E-state index contributed by atoms with van der Waals surface area (Å²) in [5.74, 6) is 0.0852. The molecule has 0 unspecified atom stereocenters. The zero-order chi connectivity index (χ0) is 25.4. The molecule has 0 aliphatic rings. The highest BCUT2D eigenvalue weighted by Gasteiger charge is 2.33. The predicted molar refractivity (Wildman–Crippen MR) is 128 cm³/mol. The Kier molecular flexibility index (Phi) is 5.83. The number of aryl methyl sites for hydroxylation is 1. The second-order valence-corrected chi connectivity index (χ2v) is 8.29. The highest BCUT2D eigenvalue weighted by molar-refractivity contribution is 5.98. The Labute approximate surface area is 203 Å². The number of nitrogens with two attached hydrogens (primary N) is 1. The largest absolute Gasteiger partial charge is 0.416 e. The third kappa shape index (κ3) is 4.23. The van der Waals surface area contributed by atoms with Crippen LogP contribution < -0.4 is 15.6 Å². The fraction of sp³-hybridized carbons (Fsp3) is 0.200. The van der Waals surface area contributed by atoms with E-state index in [2.05, 4.69) is 20.3 Å². The number of anilines is 1. The average molecular weight is 495 g/mol. The van der Waals surface area contributed by atoms with Crippen molar-refractivity contribution in [1.82, 2.24) is 24.8 Å². The van der Waals surface area contributed by atoms with Gasteiger partial charge in [-0.15, -0.1) is 0 Å². The van der Waals surface area contributed by atoms with Gasteiger partial charge in [-0.25, -0.2) is 19.1 Å². The van der Waals surface area contributed by atoms with Crippen molar-refractivity contribution < 1.29 is 22.5 Å². The van der Waals surface area contributed by atoms with Crippen molar-refractivity contribution in [3.05, 3.63) is 83.4 Å². The van der Waals surface area contributed by atoms with Crippen molar-refractivity contribution in [3.63, 3.8) is 0 Å². The van der Waals surface area contributed by atoms with Gasteiger partial charge in [-0.05, 0) is 30.7 Å². The number of hydrogen-bond acceptors (Lipinski definition) is 4. The number of imidazole rings is 1. The number of hydrogen-bond donors (Lipinski definition) is 3. The Hall–Kier alpha value is -4.41. The van der Waals surface area contributed by atoms with Gasteiger partial charge in [0, 0.05) is 12.3 Å². The maximum Gasteiger partial charge on any atom is 0.416 e. The molecule has 0 bridgehead atoms. The molecule has 5 rings (SSSR count). The molecule has 184 valence electrons. The van der Waals surface area contributed by atoms with Crippen LogP contribution in [0.1, 0.15) is 34.4 Å². The van der Waals surface area contributed by atoms with Crippen LogP contribution >= 0.6 is 0 Å². The van der Waals surface area contributed by atoms with Crippen molar-refractivity contribution in [3.8, 4) is 0 Å². The lowest BCUT2D eigenvalue weighted by atomic mass is 10.2. The van der Waals surface area contributed by atoms with Crippen molar-refractivity contribution in [1.29, 1.82) is 0 Å². The molecule has 0 radical (unpaired) electrons. The summed E-state index contributed by atoms with van der Waals surface area (Å²) in [6.45, 7) is 2.71. The molecule has 0 spiro atoms. The molecule has 11 heteroatoms. The van der Waals surface area contributed by atoms with Gasteiger partial charge in [0.15, 0.2) is 28.2 Å². The molecule has 0 aliphatic heterocycles. The standard InChI is InChI=1S/C25H22F3N7O/c1-2-34-19-12-16(25(26,27)28)8-9-18(19)35(14-15-6-4-3-5-7-15)20(34)13-31-24(36)21-22(29)33-23-17(32-21)10-11-30-23/h3-12H,2,13-14H2,1H3,(H3-,29,30,31,32,33,36)/p+1. The summed E-state index contributed by atoms with van der Waals surface area (Å²) >= 11 is 0. The molecule has 3 heterocycles. The van der Waals surface area contributed by atoms with Crippen LogP contribution in [0.2, 0.25) is 0 Å². The first kappa shape index (κ1) is 23.3. The highest BCUT2D eigenvalue weighted by atomic mass is 19.4. The van der Waals surface area contributed by atoms with Crippen LogP contribution in [0.4, 0.5) is 19.0 Å². The Morgan fingerprint density at radius 3 is 2.64 bits per heavy atom. The number of fused-ring (bicyclic) bond motifs is 2. The molecule has 1 amide bonds. The number of rotatable bonds is 6. The van der Waals surface area contributed by atoms with Crippen molar-refractivity contribution in [2.24, 2.45) is 0 Å². The van der Waals surface area contributed by atoms with Gasteiger partial charge in [0.2, 0.25) is 0 Å². The van der Waals surface area contributed by atoms with E-state index in [1.54, 1.807) is 16.8 Å². The zero-order valence-electron chi connectivity index (χ0n) is 19.3. The van der Waals surface area contributed by atoms with Gasteiger partial charge in [-0.3, -0.25) is 4.79 Å². The van der Waals surface area contributed by atoms with Gasteiger partial charge < -0.3 is 16.0 Å². The smallest absolute Gasteiger partial charge is 0.382 e. The molecule has 5 aromatic rings. The van der Waals surface area contributed by atoms with E-state index in [1.165, 1.54) is 6.07 Å². The number of nitrogen functional groups attached to an aromatic ring is 1. The van der Waals surface area contributed by atoms with E-state index in [4.69, 9.17) is 5.73 Å². The van der Waals surface area contributed by atoms with E-state index in [-0.39, 0.29) is 18.1 Å². The number of benzene rings is 2. The summed E-state index contributed by atoms with van der Waals surface area (Å²) in [4.78, 5) is 24.4. The second kappa shape index (κ2) is 8.99. The van der Waals surface area contributed by atoms with Crippen LogP contribution in [0.3, 0.4) is 0 Å². The summed E-state index contributed by atoms with van der Waals surface area (Å²) in [5, 5.41) is 2.82. The third-order valence-corrected chi connectivity index (χ3v) is 6.04. The zero-order valence-corrected chi connectivity index (χ0v) is 19.3. The van der Waals surface area contributed by atoms with Crippen molar-refractivity contribution in [2.45, 2.75) is 32.7 Å². The number of H-pyrrole nitrogens is 1. The number of alkyl halides is 3. The van der Waals surface area contributed by atoms with E-state index in [9.17, 15) is 18.0 Å². The van der Waals surface area contributed by atoms with E-state index < -0.39 is 17.6 Å². The molecule has 0 fully saturated rings. The predicted octanol–water partition coefficient (Wildman–Crippen LogP) is 3.80. The summed E-state index contributed by atoms with van der Waals surface area (Å²) in [6, 6.07) is 15.0. The molecule has 36 heavy (non-hydrogen) atoms. The van der Waals surface area contributed by atoms with Crippen LogP contribution in [0, 0.1) is 0 Å². The second-order valence-electron chi connectivity index (χ2n) is 8.29. The molecule has 8 nitrogen and oxygen atoms in total. The van der Waals surface area contributed by atoms with Gasteiger partial charge in [-0.2, -0.15) is 13.2 Å². The lowest BCUT2D eigenvalue weighted by Crippen LogP contribution is -2.41. The number of nitrogens with zero attached hydrogens (tertiary/aromatic N) is 4. The molecule has 2 aromatic carbocycles. The van der Waals surface area contributed by atoms with Gasteiger partial charge in [0.1, 0.15) is 18.6 Å². The normalized spacial score (nSPS) is 11.9. The highest BCUT2D eigenvalue weighted by Crippen LogP contribution is 2.31. The van der Waals surface area contributed by atoms with E-state index in [1.807, 2.05) is 41.8 Å². The van der Waals surface area contributed by atoms with E-state index in [0.29, 0.717) is 41.1 Å². The minimum atomic E-state index is -4.47. The van der Waals surface area contributed by atoms with Crippen LogP contribution in [0.15, 0.2) is 60.8 Å². The molecule has 4 N–H and O–H groups in total. The summed E-state index contributed by atoms with van der Waals surface area (Å²) in [7, 11) is 0. The maximum absolute atomic E-state index is 13.5. The number of aromatic nitrogens is 5. The first-order valence-corrected chi connectivity index (χ1v) is 11.3. The number of carbonyl (C=O) groups excluding carboxylic acids is 1. The van der Waals surface area contributed by atoms with Gasteiger partial charge in [0.05, 0.1) is 12.1 Å². The van der Waals surface area contributed by atoms with Crippen molar-refractivity contribution >= 4 is 33.9 Å². The van der Waals surface area contributed by atoms with Crippen LogP contribution in [0.25, 0.3) is 22.2 Å². The quantitative estimate of drug-likeness (QED) is 0.312. The van der Waals surface area contributed by atoms with Crippen molar-refractivity contribution in [2.75, 3.05) is 5.73 Å². The lowest BCUT2D eigenvalue weighted by molar-refractivity contribution is -0.671. The summed E-state index contributed by atoms with van der Waals surface area (Å²) in [5.41, 5.74) is 8.20. The molecule has 3 aromatic heterocycles. The molecule has 0 aliphatic carbocycles.